The van der Waals surface area contributed by atoms with Crippen molar-refractivity contribution < 1.29 is 4.79 Å². The molecule has 1 aliphatic heterocycles. The molecule has 4 heteroatoms. The summed E-state index contributed by atoms with van der Waals surface area (Å²) in [4.78, 5) is 11.9. The van der Waals surface area contributed by atoms with Gasteiger partial charge in [0.15, 0.2) is 0 Å². The summed E-state index contributed by atoms with van der Waals surface area (Å²) in [6.45, 7) is 5.16. The van der Waals surface area contributed by atoms with Gasteiger partial charge in [0.2, 0.25) is 5.91 Å². The highest BCUT2D eigenvalue weighted by molar-refractivity contribution is 5.91. The molecule has 1 aliphatic rings. The maximum absolute atomic E-state index is 11.9. The highest BCUT2D eigenvalue weighted by Gasteiger charge is 2.15. The minimum atomic E-state index is 0. The third-order valence-electron chi connectivity index (χ3n) is 3.55. The van der Waals surface area contributed by atoms with Gasteiger partial charge in [0.1, 0.15) is 0 Å². The normalized spacial score (nSPS) is 17.9. The van der Waals surface area contributed by atoms with Crippen LogP contribution in [0.4, 0.5) is 5.69 Å². The summed E-state index contributed by atoms with van der Waals surface area (Å²) < 4.78 is 0. The van der Waals surface area contributed by atoms with Crippen LogP contribution < -0.4 is 10.6 Å². The summed E-state index contributed by atoms with van der Waals surface area (Å²) >= 11 is 0. The van der Waals surface area contributed by atoms with E-state index in [4.69, 9.17) is 0 Å². The quantitative estimate of drug-likeness (QED) is 0.890. The van der Waals surface area contributed by atoms with Gasteiger partial charge in [-0.2, -0.15) is 0 Å². The van der Waals surface area contributed by atoms with E-state index >= 15 is 0 Å². The lowest BCUT2D eigenvalue weighted by atomic mass is 10.1. The van der Waals surface area contributed by atoms with E-state index in [1.807, 2.05) is 26.0 Å². The molecule has 1 saturated heterocycles. The fourth-order valence-electron chi connectivity index (χ4n) is 2.39. The molecule has 0 saturated carbocycles. The number of aryl methyl sites for hydroxylation is 2. The van der Waals surface area contributed by atoms with Crippen LogP contribution in [0.1, 0.15) is 36.8 Å². The molecule has 0 aliphatic carbocycles. The number of anilines is 1. The van der Waals surface area contributed by atoms with Crippen LogP contribution in [0.2, 0.25) is 0 Å². The standard InChI is InChI=1S/C15H22N2O.ClH/c1-11-5-6-12(2)14(10-11)17-15(18)8-7-13-4-3-9-16-13;/h5-6,10,13,16H,3-4,7-9H2,1-2H3,(H,17,18);1H. The number of rotatable bonds is 4. The molecular formula is C15H23ClN2O. The van der Waals surface area contributed by atoms with Gasteiger partial charge in [-0.25, -0.2) is 0 Å². The van der Waals surface area contributed by atoms with Gasteiger partial charge in [0.25, 0.3) is 0 Å². The molecule has 2 N–H and O–H groups in total. The SMILES string of the molecule is Cc1ccc(C)c(NC(=O)CCC2CCCN2)c1.Cl. The van der Waals surface area contributed by atoms with Crippen molar-refractivity contribution in [1.29, 1.82) is 0 Å². The van der Waals surface area contributed by atoms with E-state index in [0.717, 1.165) is 24.2 Å². The van der Waals surface area contributed by atoms with Gasteiger partial charge in [0.05, 0.1) is 0 Å². The van der Waals surface area contributed by atoms with E-state index in [1.165, 1.54) is 18.4 Å². The molecule has 1 aromatic rings. The number of amides is 1. The van der Waals surface area contributed by atoms with Crippen LogP contribution in [0, 0.1) is 13.8 Å². The fraction of sp³-hybridized carbons (Fsp3) is 0.533. The maximum Gasteiger partial charge on any atom is 0.224 e. The summed E-state index contributed by atoms with van der Waals surface area (Å²) in [5.41, 5.74) is 3.24. The van der Waals surface area contributed by atoms with E-state index in [1.54, 1.807) is 0 Å². The van der Waals surface area contributed by atoms with Crippen LogP contribution in [0.25, 0.3) is 0 Å². The predicted molar refractivity (Wildman–Crippen MR) is 82.1 cm³/mol. The summed E-state index contributed by atoms with van der Waals surface area (Å²) in [6.07, 6.45) is 3.99. The van der Waals surface area contributed by atoms with Crippen LogP contribution in [0.3, 0.4) is 0 Å². The number of carbonyl (C=O) groups excluding carboxylic acids is 1. The summed E-state index contributed by atoms with van der Waals surface area (Å²) in [5.74, 6) is 0.123. The van der Waals surface area contributed by atoms with Crippen LogP contribution in [-0.4, -0.2) is 18.5 Å². The third-order valence-corrected chi connectivity index (χ3v) is 3.55. The zero-order valence-electron chi connectivity index (χ0n) is 11.7. The number of hydrogen-bond donors (Lipinski definition) is 2. The van der Waals surface area contributed by atoms with E-state index in [9.17, 15) is 4.79 Å². The summed E-state index contributed by atoms with van der Waals surface area (Å²) in [7, 11) is 0. The average molecular weight is 283 g/mol. The molecule has 106 valence electrons. The Morgan fingerprint density at radius 3 is 2.89 bits per heavy atom. The van der Waals surface area contributed by atoms with Gasteiger partial charge in [-0.3, -0.25) is 4.79 Å². The van der Waals surface area contributed by atoms with Crippen LogP contribution in [0.15, 0.2) is 18.2 Å². The first kappa shape index (κ1) is 16.0. The molecule has 0 bridgehead atoms. The van der Waals surface area contributed by atoms with E-state index < -0.39 is 0 Å². The summed E-state index contributed by atoms with van der Waals surface area (Å²) in [6, 6.07) is 6.67. The smallest absolute Gasteiger partial charge is 0.224 e. The number of carbonyl (C=O) groups is 1. The Morgan fingerprint density at radius 1 is 1.42 bits per heavy atom. The number of nitrogens with one attached hydrogen (secondary N) is 2. The Kier molecular flexibility index (Phi) is 6.32. The monoisotopic (exact) mass is 282 g/mol. The Bertz CT molecular complexity index is 428. The molecule has 1 atom stereocenters. The predicted octanol–water partition coefficient (Wildman–Crippen LogP) is 3.20. The lowest BCUT2D eigenvalue weighted by Crippen LogP contribution is -2.23. The summed E-state index contributed by atoms with van der Waals surface area (Å²) in [5, 5.41) is 6.42. The first-order valence-electron chi connectivity index (χ1n) is 6.75. The topological polar surface area (TPSA) is 41.1 Å². The van der Waals surface area contributed by atoms with Crippen molar-refractivity contribution in [1.82, 2.24) is 5.32 Å². The molecule has 1 aromatic carbocycles. The molecule has 1 heterocycles. The highest BCUT2D eigenvalue weighted by Crippen LogP contribution is 2.17. The largest absolute Gasteiger partial charge is 0.326 e. The van der Waals surface area contributed by atoms with Crippen LogP contribution in [0.5, 0.6) is 0 Å². The average Bonchev–Trinajstić information content (AvgIpc) is 2.84. The molecule has 1 unspecified atom stereocenters. The van der Waals surface area contributed by atoms with E-state index in [0.29, 0.717) is 12.5 Å². The van der Waals surface area contributed by atoms with Gasteiger partial charge in [-0.15, -0.1) is 12.4 Å². The highest BCUT2D eigenvalue weighted by atomic mass is 35.5. The molecule has 3 nitrogen and oxygen atoms in total. The van der Waals surface area contributed by atoms with E-state index in [-0.39, 0.29) is 18.3 Å². The van der Waals surface area contributed by atoms with Gasteiger partial charge in [-0.05, 0) is 56.8 Å². The number of halogens is 1. The Balaban J connectivity index is 0.00000180. The lowest BCUT2D eigenvalue weighted by molar-refractivity contribution is -0.116. The first-order chi connectivity index (χ1) is 8.65. The Labute approximate surface area is 121 Å². The zero-order valence-corrected chi connectivity index (χ0v) is 12.5. The molecule has 1 amide bonds. The van der Waals surface area contributed by atoms with Gasteiger partial charge >= 0.3 is 0 Å². The minimum Gasteiger partial charge on any atom is -0.326 e. The van der Waals surface area contributed by atoms with E-state index in [2.05, 4.69) is 16.7 Å². The molecule has 1 fully saturated rings. The van der Waals surface area contributed by atoms with Crippen molar-refractivity contribution in [3.8, 4) is 0 Å². The molecule has 0 spiro atoms. The molecule has 19 heavy (non-hydrogen) atoms. The third kappa shape index (κ3) is 4.84. The van der Waals surface area contributed by atoms with Crippen molar-refractivity contribution in [2.75, 3.05) is 11.9 Å². The molecule has 0 radical (unpaired) electrons. The van der Waals surface area contributed by atoms with Gasteiger partial charge < -0.3 is 10.6 Å². The van der Waals surface area contributed by atoms with Crippen molar-refractivity contribution in [2.24, 2.45) is 0 Å². The molecular weight excluding hydrogens is 260 g/mol. The lowest BCUT2D eigenvalue weighted by Gasteiger charge is -2.12. The van der Waals surface area contributed by atoms with Crippen LogP contribution in [-0.2, 0) is 4.79 Å². The first-order valence-corrected chi connectivity index (χ1v) is 6.75. The Morgan fingerprint density at radius 2 is 2.21 bits per heavy atom. The zero-order chi connectivity index (χ0) is 13.0. The van der Waals surface area contributed by atoms with Gasteiger partial charge in [-0.1, -0.05) is 12.1 Å². The minimum absolute atomic E-state index is 0. The second kappa shape index (κ2) is 7.51. The second-order valence-corrected chi connectivity index (χ2v) is 5.20. The maximum atomic E-state index is 11.9. The van der Waals surface area contributed by atoms with Gasteiger partial charge in [0, 0.05) is 18.2 Å². The fourth-order valence-corrected chi connectivity index (χ4v) is 2.39. The second-order valence-electron chi connectivity index (χ2n) is 5.20. The van der Waals surface area contributed by atoms with Crippen LogP contribution >= 0.6 is 12.4 Å². The molecule has 2 rings (SSSR count). The Hall–Kier alpha value is -1.06. The van der Waals surface area contributed by atoms with Crippen molar-refractivity contribution in [2.45, 2.75) is 45.6 Å². The molecule has 0 aromatic heterocycles. The van der Waals surface area contributed by atoms with Crippen molar-refractivity contribution >= 4 is 24.0 Å². The van der Waals surface area contributed by atoms with Crippen molar-refractivity contribution in [3.05, 3.63) is 29.3 Å². The van der Waals surface area contributed by atoms with Crippen molar-refractivity contribution in [3.63, 3.8) is 0 Å². The number of hydrogen-bond acceptors (Lipinski definition) is 2. The number of benzene rings is 1.